The third-order valence-corrected chi connectivity index (χ3v) is 3.93. The van der Waals surface area contributed by atoms with Gasteiger partial charge in [-0.1, -0.05) is 24.3 Å². The molecule has 0 saturated heterocycles. The quantitative estimate of drug-likeness (QED) is 0.768. The molecule has 22 heavy (non-hydrogen) atoms. The van der Waals surface area contributed by atoms with Crippen molar-refractivity contribution in [2.75, 3.05) is 10.6 Å². The van der Waals surface area contributed by atoms with Gasteiger partial charge in [0.2, 0.25) is 0 Å². The molecule has 0 aliphatic heterocycles. The second kappa shape index (κ2) is 6.36. The number of amides is 1. The van der Waals surface area contributed by atoms with Gasteiger partial charge < -0.3 is 10.6 Å². The van der Waals surface area contributed by atoms with E-state index in [-0.39, 0.29) is 5.91 Å². The highest BCUT2D eigenvalue weighted by Gasteiger charge is 2.08. The van der Waals surface area contributed by atoms with E-state index in [2.05, 4.69) is 20.8 Å². The van der Waals surface area contributed by atoms with Crippen LogP contribution in [0.4, 0.5) is 17.3 Å². The van der Waals surface area contributed by atoms with Crippen LogP contribution in [0.1, 0.15) is 15.2 Å². The summed E-state index contributed by atoms with van der Waals surface area (Å²) < 4.78 is 0. The van der Waals surface area contributed by atoms with Crippen LogP contribution in [0.3, 0.4) is 0 Å². The lowest BCUT2D eigenvalue weighted by Crippen LogP contribution is -2.12. The van der Waals surface area contributed by atoms with Crippen molar-refractivity contribution in [1.82, 2.24) is 10.2 Å². The lowest BCUT2D eigenvalue weighted by molar-refractivity contribution is 0.103. The zero-order valence-corrected chi connectivity index (χ0v) is 12.7. The second-order valence-electron chi connectivity index (χ2n) is 4.68. The van der Waals surface area contributed by atoms with Crippen molar-refractivity contribution in [3.63, 3.8) is 0 Å². The van der Waals surface area contributed by atoms with E-state index in [4.69, 9.17) is 0 Å². The van der Waals surface area contributed by atoms with Gasteiger partial charge >= 0.3 is 0 Å². The van der Waals surface area contributed by atoms with Gasteiger partial charge in [-0.05, 0) is 42.1 Å². The third kappa shape index (κ3) is 3.29. The van der Waals surface area contributed by atoms with Gasteiger partial charge in [0.05, 0.1) is 4.88 Å². The maximum atomic E-state index is 11.9. The Morgan fingerprint density at radius 2 is 1.77 bits per heavy atom. The molecule has 3 aromatic rings. The number of aryl methyl sites for hydroxylation is 1. The monoisotopic (exact) mass is 310 g/mol. The number of rotatable bonds is 4. The molecule has 2 aromatic heterocycles. The number of anilines is 3. The molecule has 5 nitrogen and oxygen atoms in total. The summed E-state index contributed by atoms with van der Waals surface area (Å²) in [5.41, 5.74) is 2.10. The first-order valence-electron chi connectivity index (χ1n) is 6.73. The van der Waals surface area contributed by atoms with E-state index in [0.717, 1.165) is 11.3 Å². The fourth-order valence-electron chi connectivity index (χ4n) is 1.90. The smallest absolute Gasteiger partial charge is 0.266 e. The van der Waals surface area contributed by atoms with Gasteiger partial charge in [0.1, 0.15) is 0 Å². The van der Waals surface area contributed by atoms with Gasteiger partial charge in [0.15, 0.2) is 11.6 Å². The summed E-state index contributed by atoms with van der Waals surface area (Å²) in [6, 6.07) is 15.0. The SMILES string of the molecule is Cc1ccccc1Nc1ccc(NC(=O)c2cccs2)nn1. The predicted octanol–water partition coefficient (Wildman–Crippen LogP) is 3.84. The largest absolute Gasteiger partial charge is 0.339 e. The molecule has 0 spiro atoms. The number of nitrogens with one attached hydrogen (secondary N) is 2. The number of para-hydroxylation sites is 1. The summed E-state index contributed by atoms with van der Waals surface area (Å²) in [6.07, 6.45) is 0. The molecule has 1 aromatic carbocycles. The molecule has 110 valence electrons. The van der Waals surface area contributed by atoms with Gasteiger partial charge in [0, 0.05) is 5.69 Å². The van der Waals surface area contributed by atoms with E-state index in [1.54, 1.807) is 18.2 Å². The van der Waals surface area contributed by atoms with Crippen LogP contribution in [0, 0.1) is 6.92 Å². The first-order valence-corrected chi connectivity index (χ1v) is 7.61. The lowest BCUT2D eigenvalue weighted by Gasteiger charge is -2.08. The van der Waals surface area contributed by atoms with E-state index >= 15 is 0 Å². The van der Waals surface area contributed by atoms with E-state index in [1.807, 2.05) is 42.6 Å². The number of benzene rings is 1. The topological polar surface area (TPSA) is 66.9 Å². The molecule has 0 aliphatic rings. The molecule has 0 saturated carbocycles. The Kier molecular flexibility index (Phi) is 4.11. The summed E-state index contributed by atoms with van der Waals surface area (Å²) in [5, 5.41) is 15.9. The highest BCUT2D eigenvalue weighted by Crippen LogP contribution is 2.19. The fraction of sp³-hybridized carbons (Fsp3) is 0.0625. The number of hydrogen-bond acceptors (Lipinski definition) is 5. The van der Waals surface area contributed by atoms with Crippen LogP contribution in [-0.4, -0.2) is 16.1 Å². The summed E-state index contributed by atoms with van der Waals surface area (Å²) in [6.45, 7) is 2.02. The summed E-state index contributed by atoms with van der Waals surface area (Å²) in [4.78, 5) is 12.6. The van der Waals surface area contributed by atoms with E-state index < -0.39 is 0 Å². The number of carbonyl (C=O) groups excluding carboxylic acids is 1. The molecular weight excluding hydrogens is 296 g/mol. The van der Waals surface area contributed by atoms with Gasteiger partial charge in [-0.2, -0.15) is 0 Å². The molecule has 0 bridgehead atoms. The van der Waals surface area contributed by atoms with E-state index in [1.165, 1.54) is 11.3 Å². The molecule has 2 N–H and O–H groups in total. The Bertz CT molecular complexity index is 769. The minimum Gasteiger partial charge on any atom is -0.339 e. The van der Waals surface area contributed by atoms with Crippen LogP contribution >= 0.6 is 11.3 Å². The lowest BCUT2D eigenvalue weighted by atomic mass is 10.2. The number of carbonyl (C=O) groups is 1. The maximum Gasteiger partial charge on any atom is 0.266 e. The number of thiophene rings is 1. The minimum absolute atomic E-state index is 0.177. The van der Waals surface area contributed by atoms with Crippen molar-refractivity contribution >= 4 is 34.6 Å². The molecule has 0 radical (unpaired) electrons. The van der Waals surface area contributed by atoms with Crippen molar-refractivity contribution in [2.24, 2.45) is 0 Å². The Balaban J connectivity index is 1.68. The van der Waals surface area contributed by atoms with E-state index in [0.29, 0.717) is 16.5 Å². The molecule has 0 fully saturated rings. The number of aromatic nitrogens is 2. The average molecular weight is 310 g/mol. The Morgan fingerprint density at radius 3 is 2.45 bits per heavy atom. The zero-order chi connectivity index (χ0) is 15.4. The Morgan fingerprint density at radius 1 is 1.00 bits per heavy atom. The zero-order valence-electron chi connectivity index (χ0n) is 11.9. The molecule has 2 heterocycles. The second-order valence-corrected chi connectivity index (χ2v) is 5.62. The molecule has 1 amide bonds. The summed E-state index contributed by atoms with van der Waals surface area (Å²) in [5.74, 6) is 0.876. The van der Waals surface area contributed by atoms with Gasteiger partial charge in [-0.3, -0.25) is 4.79 Å². The Hall–Kier alpha value is -2.73. The standard InChI is InChI=1S/C16H14N4OS/c1-11-5-2-3-6-12(11)17-14-8-9-15(20-19-14)18-16(21)13-7-4-10-22-13/h2-10H,1H3,(H,17,19)(H,18,20,21). The van der Waals surface area contributed by atoms with Crippen LogP contribution in [0.15, 0.2) is 53.9 Å². The molecule has 3 rings (SSSR count). The first-order chi connectivity index (χ1) is 10.7. The number of hydrogen-bond donors (Lipinski definition) is 2. The maximum absolute atomic E-state index is 11.9. The highest BCUT2D eigenvalue weighted by atomic mass is 32.1. The fourth-order valence-corrected chi connectivity index (χ4v) is 2.52. The van der Waals surface area contributed by atoms with Crippen molar-refractivity contribution in [1.29, 1.82) is 0 Å². The average Bonchev–Trinajstić information content (AvgIpc) is 3.06. The van der Waals surface area contributed by atoms with Crippen LogP contribution in [0.25, 0.3) is 0 Å². The molecule has 0 unspecified atom stereocenters. The minimum atomic E-state index is -0.177. The molecule has 0 atom stereocenters. The normalized spacial score (nSPS) is 10.2. The van der Waals surface area contributed by atoms with Crippen LogP contribution in [-0.2, 0) is 0 Å². The van der Waals surface area contributed by atoms with Crippen LogP contribution < -0.4 is 10.6 Å². The molecular formula is C16H14N4OS. The predicted molar refractivity (Wildman–Crippen MR) is 88.8 cm³/mol. The van der Waals surface area contributed by atoms with Crippen LogP contribution in [0.2, 0.25) is 0 Å². The summed E-state index contributed by atoms with van der Waals surface area (Å²) in [7, 11) is 0. The first kappa shape index (κ1) is 14.2. The van der Waals surface area contributed by atoms with Crippen molar-refractivity contribution in [3.05, 3.63) is 64.4 Å². The molecule has 0 aliphatic carbocycles. The number of nitrogens with zero attached hydrogens (tertiary/aromatic N) is 2. The van der Waals surface area contributed by atoms with E-state index in [9.17, 15) is 4.79 Å². The van der Waals surface area contributed by atoms with Crippen molar-refractivity contribution < 1.29 is 4.79 Å². The summed E-state index contributed by atoms with van der Waals surface area (Å²) >= 11 is 1.38. The van der Waals surface area contributed by atoms with Gasteiger partial charge in [0.25, 0.3) is 5.91 Å². The Labute approximate surface area is 132 Å². The van der Waals surface area contributed by atoms with Crippen molar-refractivity contribution in [2.45, 2.75) is 6.92 Å². The third-order valence-electron chi connectivity index (χ3n) is 3.06. The highest BCUT2D eigenvalue weighted by molar-refractivity contribution is 7.12. The molecule has 6 heteroatoms. The van der Waals surface area contributed by atoms with Gasteiger partial charge in [-0.15, -0.1) is 21.5 Å². The van der Waals surface area contributed by atoms with Gasteiger partial charge in [-0.25, -0.2) is 0 Å². The van der Waals surface area contributed by atoms with Crippen LogP contribution in [0.5, 0.6) is 0 Å². The van der Waals surface area contributed by atoms with Crippen molar-refractivity contribution in [3.8, 4) is 0 Å².